The number of hydrogen-bond acceptors (Lipinski definition) is 3. The van der Waals surface area contributed by atoms with Crippen LogP contribution in [0.15, 0.2) is 65.6 Å². The first-order chi connectivity index (χ1) is 12.8. The number of aromatic hydroxyl groups is 1. The summed E-state index contributed by atoms with van der Waals surface area (Å²) in [7, 11) is -4.05. The van der Waals surface area contributed by atoms with E-state index in [0.29, 0.717) is 16.7 Å². The number of sulfonamides is 1. The van der Waals surface area contributed by atoms with Crippen LogP contribution in [0.2, 0.25) is 0 Å². The fourth-order valence-corrected chi connectivity index (χ4v) is 5.09. The molecule has 3 aromatic rings. The van der Waals surface area contributed by atoms with Crippen LogP contribution in [-0.2, 0) is 10.0 Å². The molecule has 0 saturated heterocycles. The SMILES string of the molecule is CC1c2ccc(F)cc2-c2ccc(F)cc2N1S(=O)(=O)c1ccc(O)cc1. The van der Waals surface area contributed by atoms with Crippen LogP contribution in [0.1, 0.15) is 18.5 Å². The van der Waals surface area contributed by atoms with Crippen molar-refractivity contribution >= 4 is 15.7 Å². The summed E-state index contributed by atoms with van der Waals surface area (Å²) >= 11 is 0. The second-order valence-electron chi connectivity index (χ2n) is 6.36. The highest BCUT2D eigenvalue weighted by molar-refractivity contribution is 7.92. The fourth-order valence-electron chi connectivity index (χ4n) is 3.45. The predicted molar refractivity (Wildman–Crippen MR) is 98.0 cm³/mol. The molecule has 1 N–H and O–H groups in total. The molecule has 0 fully saturated rings. The third kappa shape index (κ3) is 2.75. The normalized spacial score (nSPS) is 16.0. The van der Waals surface area contributed by atoms with Crippen molar-refractivity contribution in [1.82, 2.24) is 0 Å². The van der Waals surface area contributed by atoms with E-state index in [1.54, 1.807) is 13.0 Å². The molecule has 4 nitrogen and oxygen atoms in total. The van der Waals surface area contributed by atoms with Crippen molar-refractivity contribution in [2.75, 3.05) is 4.31 Å². The first kappa shape index (κ1) is 17.5. The van der Waals surface area contributed by atoms with Crippen LogP contribution in [0.3, 0.4) is 0 Å². The minimum Gasteiger partial charge on any atom is -0.508 e. The van der Waals surface area contributed by atoms with Crippen molar-refractivity contribution in [3.63, 3.8) is 0 Å². The van der Waals surface area contributed by atoms with E-state index in [0.717, 1.165) is 10.4 Å². The van der Waals surface area contributed by atoms with Crippen LogP contribution in [0, 0.1) is 11.6 Å². The van der Waals surface area contributed by atoms with E-state index in [-0.39, 0.29) is 16.3 Å². The van der Waals surface area contributed by atoms with Crippen LogP contribution in [-0.4, -0.2) is 13.5 Å². The van der Waals surface area contributed by atoms with Crippen molar-refractivity contribution in [2.45, 2.75) is 17.9 Å². The lowest BCUT2D eigenvalue weighted by atomic mass is 9.90. The summed E-state index contributed by atoms with van der Waals surface area (Å²) in [5.74, 6) is -1.11. The number of phenols is 1. The predicted octanol–water partition coefficient (Wildman–Crippen LogP) is 4.61. The van der Waals surface area contributed by atoms with Crippen molar-refractivity contribution < 1.29 is 22.3 Å². The van der Waals surface area contributed by atoms with Crippen LogP contribution in [0.4, 0.5) is 14.5 Å². The second-order valence-corrected chi connectivity index (χ2v) is 8.18. The summed E-state index contributed by atoms with van der Waals surface area (Å²) in [5.41, 5.74) is 1.74. The van der Waals surface area contributed by atoms with E-state index in [1.165, 1.54) is 48.5 Å². The molecule has 1 unspecified atom stereocenters. The molecular weight excluding hydrogens is 372 g/mol. The summed E-state index contributed by atoms with van der Waals surface area (Å²) in [6.07, 6.45) is 0. The maximum Gasteiger partial charge on any atom is 0.264 e. The highest BCUT2D eigenvalue weighted by Crippen LogP contribution is 2.47. The number of benzene rings is 3. The Hall–Kier alpha value is -2.93. The number of halogens is 2. The molecule has 1 heterocycles. The standard InChI is InChI=1S/C20H15F2NO3S/c1-12-17-8-2-13(21)10-19(17)18-9-3-14(22)11-20(18)23(12)27(25,26)16-6-4-15(24)5-7-16/h2-12,24H,1H3. The van der Waals surface area contributed by atoms with Gasteiger partial charge in [0.1, 0.15) is 17.4 Å². The monoisotopic (exact) mass is 387 g/mol. The Morgan fingerprint density at radius 1 is 0.889 bits per heavy atom. The van der Waals surface area contributed by atoms with Crippen LogP contribution in [0.25, 0.3) is 11.1 Å². The van der Waals surface area contributed by atoms with Crippen molar-refractivity contribution in [3.8, 4) is 16.9 Å². The number of hydrogen-bond donors (Lipinski definition) is 1. The minimum absolute atomic E-state index is 0.0343. The molecule has 138 valence electrons. The minimum atomic E-state index is -4.05. The molecule has 1 aliphatic rings. The molecule has 0 radical (unpaired) electrons. The van der Waals surface area contributed by atoms with Gasteiger partial charge in [0.2, 0.25) is 0 Å². The van der Waals surface area contributed by atoms with E-state index in [9.17, 15) is 22.3 Å². The second kappa shape index (κ2) is 6.06. The Kier molecular flexibility index (Phi) is 3.92. The van der Waals surface area contributed by atoms with Gasteiger partial charge in [-0.25, -0.2) is 17.2 Å². The van der Waals surface area contributed by atoms with E-state index < -0.39 is 27.7 Å². The molecule has 0 saturated carbocycles. The van der Waals surface area contributed by atoms with Gasteiger partial charge >= 0.3 is 0 Å². The van der Waals surface area contributed by atoms with Crippen molar-refractivity contribution in [2.24, 2.45) is 0 Å². The number of phenolic OH excluding ortho intramolecular Hbond substituents is 1. The van der Waals surface area contributed by atoms with Gasteiger partial charge in [-0.05, 0) is 72.6 Å². The average molecular weight is 387 g/mol. The molecule has 0 aliphatic carbocycles. The Labute approximate surface area is 155 Å². The van der Waals surface area contributed by atoms with Gasteiger partial charge in [-0.2, -0.15) is 0 Å². The van der Waals surface area contributed by atoms with E-state index >= 15 is 0 Å². The molecular formula is C20H15F2NO3S. The Bertz CT molecular complexity index is 1140. The molecule has 3 aromatic carbocycles. The quantitative estimate of drug-likeness (QED) is 0.699. The molecule has 27 heavy (non-hydrogen) atoms. The first-order valence-electron chi connectivity index (χ1n) is 8.22. The largest absolute Gasteiger partial charge is 0.508 e. The van der Waals surface area contributed by atoms with Gasteiger partial charge in [0, 0.05) is 5.56 Å². The summed E-state index contributed by atoms with van der Waals surface area (Å²) < 4.78 is 55.5. The zero-order valence-corrected chi connectivity index (χ0v) is 15.0. The van der Waals surface area contributed by atoms with Gasteiger partial charge in [0.05, 0.1) is 16.6 Å². The lowest BCUT2D eigenvalue weighted by Gasteiger charge is -2.37. The molecule has 7 heteroatoms. The van der Waals surface area contributed by atoms with Crippen molar-refractivity contribution in [3.05, 3.63) is 77.9 Å². The zero-order valence-electron chi connectivity index (χ0n) is 14.2. The van der Waals surface area contributed by atoms with E-state index in [1.807, 2.05) is 0 Å². The third-order valence-corrected chi connectivity index (χ3v) is 6.60. The third-order valence-electron chi connectivity index (χ3n) is 4.70. The molecule has 0 aromatic heterocycles. The molecule has 1 aliphatic heterocycles. The van der Waals surface area contributed by atoms with E-state index in [4.69, 9.17) is 0 Å². The topological polar surface area (TPSA) is 57.6 Å². The highest BCUT2D eigenvalue weighted by atomic mass is 32.2. The van der Waals surface area contributed by atoms with Gasteiger partial charge in [0.25, 0.3) is 10.0 Å². The Balaban J connectivity index is 1.98. The number of nitrogens with zero attached hydrogens (tertiary/aromatic N) is 1. The summed E-state index contributed by atoms with van der Waals surface area (Å²) in [5, 5.41) is 9.44. The summed E-state index contributed by atoms with van der Waals surface area (Å²) in [6, 6.07) is 12.4. The highest BCUT2D eigenvalue weighted by Gasteiger charge is 2.37. The lowest BCUT2D eigenvalue weighted by molar-refractivity contribution is 0.474. The smallest absolute Gasteiger partial charge is 0.264 e. The summed E-state index contributed by atoms with van der Waals surface area (Å²) in [4.78, 5) is -0.0343. The van der Waals surface area contributed by atoms with E-state index in [2.05, 4.69) is 0 Å². The fraction of sp³-hybridized carbons (Fsp3) is 0.100. The van der Waals surface area contributed by atoms with Crippen LogP contribution < -0.4 is 4.31 Å². The molecule has 4 rings (SSSR count). The number of anilines is 1. The van der Waals surface area contributed by atoms with Crippen molar-refractivity contribution in [1.29, 1.82) is 0 Å². The maximum absolute atomic E-state index is 14.0. The van der Waals surface area contributed by atoms with Crippen LogP contribution >= 0.6 is 0 Å². The Morgan fingerprint density at radius 3 is 2.22 bits per heavy atom. The number of rotatable bonds is 2. The zero-order chi connectivity index (χ0) is 19.3. The van der Waals surface area contributed by atoms with Gasteiger partial charge < -0.3 is 5.11 Å². The molecule has 0 bridgehead atoms. The average Bonchev–Trinajstić information content (AvgIpc) is 2.61. The first-order valence-corrected chi connectivity index (χ1v) is 9.66. The van der Waals surface area contributed by atoms with Gasteiger partial charge in [-0.1, -0.05) is 6.07 Å². The number of fused-ring (bicyclic) bond motifs is 3. The Morgan fingerprint density at radius 2 is 1.52 bits per heavy atom. The molecule has 0 spiro atoms. The van der Waals surface area contributed by atoms with Crippen LogP contribution in [0.5, 0.6) is 5.75 Å². The molecule has 1 atom stereocenters. The summed E-state index contributed by atoms with van der Waals surface area (Å²) in [6.45, 7) is 1.67. The maximum atomic E-state index is 14.0. The van der Waals surface area contributed by atoms with Gasteiger partial charge in [-0.15, -0.1) is 0 Å². The lowest BCUT2D eigenvalue weighted by Crippen LogP contribution is -2.36. The van der Waals surface area contributed by atoms with Gasteiger partial charge in [-0.3, -0.25) is 4.31 Å². The molecule has 0 amide bonds. The van der Waals surface area contributed by atoms with Gasteiger partial charge in [0.15, 0.2) is 0 Å².